The second kappa shape index (κ2) is 5.50. The van der Waals surface area contributed by atoms with Gasteiger partial charge in [0.2, 0.25) is 0 Å². The second-order valence-corrected chi connectivity index (χ2v) is 7.46. The third-order valence-electron chi connectivity index (χ3n) is 4.91. The third kappa shape index (κ3) is 3.24. The van der Waals surface area contributed by atoms with E-state index < -0.39 is 0 Å². The highest BCUT2D eigenvalue weighted by Gasteiger charge is 2.40. The van der Waals surface area contributed by atoms with Crippen LogP contribution in [0, 0.1) is 0 Å². The summed E-state index contributed by atoms with van der Waals surface area (Å²) in [5, 5.41) is 3.89. The van der Waals surface area contributed by atoms with Gasteiger partial charge in [0.05, 0.1) is 0 Å². The molecule has 0 aromatic heterocycles. The minimum Gasteiger partial charge on any atom is -0.311 e. The number of piperidine rings is 1. The van der Waals surface area contributed by atoms with Crippen molar-refractivity contribution in [1.29, 1.82) is 0 Å². The lowest BCUT2D eigenvalue weighted by atomic mass is 9.98. The molecule has 2 unspecified atom stereocenters. The molecule has 1 N–H and O–H groups in total. The number of rotatable bonds is 3. The van der Waals surface area contributed by atoms with E-state index in [9.17, 15) is 0 Å². The zero-order chi connectivity index (χ0) is 14.2. The molecule has 1 aliphatic carbocycles. The van der Waals surface area contributed by atoms with Gasteiger partial charge in [-0.05, 0) is 45.6 Å². The van der Waals surface area contributed by atoms with Crippen LogP contribution in [0.3, 0.4) is 0 Å². The first-order chi connectivity index (χ1) is 9.54. The summed E-state index contributed by atoms with van der Waals surface area (Å²) in [7, 11) is 0. The van der Waals surface area contributed by atoms with Gasteiger partial charge in [0.15, 0.2) is 0 Å². The molecule has 0 bridgehead atoms. The van der Waals surface area contributed by atoms with Crippen molar-refractivity contribution in [1.82, 2.24) is 10.2 Å². The molecule has 2 heteroatoms. The SMILES string of the molecule is CC(C)(C)N1CCC(NC2CC2c2ccccc2)CC1. The molecule has 0 radical (unpaired) electrons. The summed E-state index contributed by atoms with van der Waals surface area (Å²) in [5.74, 6) is 0.761. The molecule has 110 valence electrons. The Kier molecular flexibility index (Phi) is 3.87. The van der Waals surface area contributed by atoms with E-state index in [2.05, 4.69) is 61.3 Å². The summed E-state index contributed by atoms with van der Waals surface area (Å²) in [6, 6.07) is 12.4. The number of likely N-dealkylation sites (tertiary alicyclic amines) is 1. The van der Waals surface area contributed by atoms with Crippen molar-refractivity contribution in [3.8, 4) is 0 Å². The average Bonchev–Trinajstić information content (AvgIpc) is 3.19. The largest absolute Gasteiger partial charge is 0.311 e. The molecule has 3 rings (SSSR count). The summed E-state index contributed by atoms with van der Waals surface area (Å²) in [5.41, 5.74) is 1.84. The van der Waals surface area contributed by atoms with Crippen LogP contribution >= 0.6 is 0 Å². The van der Waals surface area contributed by atoms with Crippen molar-refractivity contribution in [2.75, 3.05) is 13.1 Å². The quantitative estimate of drug-likeness (QED) is 0.907. The summed E-state index contributed by atoms with van der Waals surface area (Å²) in [6.07, 6.45) is 3.92. The van der Waals surface area contributed by atoms with Gasteiger partial charge in [-0.1, -0.05) is 30.3 Å². The Bertz CT molecular complexity index is 426. The van der Waals surface area contributed by atoms with E-state index in [0.29, 0.717) is 5.54 Å². The molecule has 2 fully saturated rings. The highest BCUT2D eigenvalue weighted by Crippen LogP contribution is 2.41. The summed E-state index contributed by atoms with van der Waals surface area (Å²) in [4.78, 5) is 2.62. The van der Waals surface area contributed by atoms with E-state index in [4.69, 9.17) is 0 Å². The van der Waals surface area contributed by atoms with Gasteiger partial charge in [0, 0.05) is 36.6 Å². The van der Waals surface area contributed by atoms with Gasteiger partial charge in [-0.15, -0.1) is 0 Å². The lowest BCUT2D eigenvalue weighted by molar-refractivity contribution is 0.0959. The molecule has 2 nitrogen and oxygen atoms in total. The van der Waals surface area contributed by atoms with Crippen molar-refractivity contribution in [2.24, 2.45) is 0 Å². The zero-order valence-electron chi connectivity index (χ0n) is 13.1. The Morgan fingerprint density at radius 2 is 1.70 bits per heavy atom. The van der Waals surface area contributed by atoms with Gasteiger partial charge in [-0.2, -0.15) is 0 Å². The van der Waals surface area contributed by atoms with Crippen LogP contribution in [-0.4, -0.2) is 35.6 Å². The molecule has 2 aliphatic rings. The van der Waals surface area contributed by atoms with E-state index in [-0.39, 0.29) is 0 Å². The van der Waals surface area contributed by atoms with E-state index >= 15 is 0 Å². The van der Waals surface area contributed by atoms with Gasteiger partial charge >= 0.3 is 0 Å². The molecule has 0 spiro atoms. The summed E-state index contributed by atoms with van der Waals surface area (Å²) >= 11 is 0. The van der Waals surface area contributed by atoms with Gasteiger partial charge in [0.1, 0.15) is 0 Å². The van der Waals surface area contributed by atoms with Crippen LogP contribution in [0.25, 0.3) is 0 Å². The third-order valence-corrected chi connectivity index (χ3v) is 4.91. The Morgan fingerprint density at radius 3 is 2.30 bits per heavy atom. The minimum atomic E-state index is 0.330. The van der Waals surface area contributed by atoms with Gasteiger partial charge in [0.25, 0.3) is 0 Å². The summed E-state index contributed by atoms with van der Waals surface area (Å²) in [6.45, 7) is 9.46. The maximum atomic E-state index is 3.89. The van der Waals surface area contributed by atoms with Crippen molar-refractivity contribution >= 4 is 0 Å². The first-order valence-corrected chi connectivity index (χ1v) is 8.10. The molecule has 2 atom stereocenters. The molecule has 1 aromatic carbocycles. The van der Waals surface area contributed by atoms with E-state index in [1.54, 1.807) is 0 Å². The Labute approximate surface area is 123 Å². The number of hydrogen-bond donors (Lipinski definition) is 1. The molecule has 1 saturated heterocycles. The van der Waals surface area contributed by atoms with Crippen LogP contribution in [0.5, 0.6) is 0 Å². The molecule has 20 heavy (non-hydrogen) atoms. The van der Waals surface area contributed by atoms with Crippen molar-refractivity contribution in [3.05, 3.63) is 35.9 Å². The molecular formula is C18H28N2. The fraction of sp³-hybridized carbons (Fsp3) is 0.667. The first-order valence-electron chi connectivity index (χ1n) is 8.10. The Balaban J connectivity index is 1.46. The molecular weight excluding hydrogens is 244 g/mol. The first kappa shape index (κ1) is 14.1. The van der Waals surface area contributed by atoms with Crippen LogP contribution in [0.15, 0.2) is 30.3 Å². The van der Waals surface area contributed by atoms with Crippen molar-refractivity contribution in [2.45, 2.75) is 63.6 Å². The van der Waals surface area contributed by atoms with Crippen LogP contribution in [0.1, 0.15) is 51.5 Å². The van der Waals surface area contributed by atoms with Gasteiger partial charge in [-0.3, -0.25) is 4.90 Å². The number of hydrogen-bond acceptors (Lipinski definition) is 2. The smallest absolute Gasteiger partial charge is 0.0145 e. The predicted molar refractivity (Wildman–Crippen MR) is 85.1 cm³/mol. The minimum absolute atomic E-state index is 0.330. The molecule has 0 amide bonds. The molecule has 1 heterocycles. The number of nitrogens with one attached hydrogen (secondary N) is 1. The van der Waals surface area contributed by atoms with Crippen molar-refractivity contribution in [3.63, 3.8) is 0 Å². The normalized spacial score (nSPS) is 28.6. The molecule has 1 saturated carbocycles. The maximum absolute atomic E-state index is 3.89. The monoisotopic (exact) mass is 272 g/mol. The van der Waals surface area contributed by atoms with Crippen LogP contribution in [-0.2, 0) is 0 Å². The second-order valence-electron chi connectivity index (χ2n) is 7.46. The summed E-state index contributed by atoms with van der Waals surface area (Å²) < 4.78 is 0. The maximum Gasteiger partial charge on any atom is 0.0145 e. The van der Waals surface area contributed by atoms with E-state index in [1.807, 2.05) is 0 Å². The van der Waals surface area contributed by atoms with Crippen LogP contribution in [0.4, 0.5) is 0 Å². The fourth-order valence-corrected chi connectivity index (χ4v) is 3.47. The van der Waals surface area contributed by atoms with Crippen LogP contribution in [0.2, 0.25) is 0 Å². The van der Waals surface area contributed by atoms with Crippen molar-refractivity contribution < 1.29 is 0 Å². The predicted octanol–water partition coefficient (Wildman–Crippen LogP) is 3.40. The van der Waals surface area contributed by atoms with Gasteiger partial charge < -0.3 is 5.32 Å². The number of benzene rings is 1. The number of nitrogens with zero attached hydrogens (tertiary/aromatic N) is 1. The fourth-order valence-electron chi connectivity index (χ4n) is 3.47. The molecule has 1 aromatic rings. The van der Waals surface area contributed by atoms with Gasteiger partial charge in [-0.25, -0.2) is 0 Å². The average molecular weight is 272 g/mol. The lowest BCUT2D eigenvalue weighted by Gasteiger charge is -2.41. The van der Waals surface area contributed by atoms with E-state index in [1.165, 1.54) is 37.9 Å². The van der Waals surface area contributed by atoms with Crippen LogP contribution < -0.4 is 5.32 Å². The standard InChI is InChI=1S/C18H28N2/c1-18(2,3)20-11-9-15(10-12-20)19-17-13-16(17)14-7-5-4-6-8-14/h4-8,15-17,19H,9-13H2,1-3H3. The lowest BCUT2D eigenvalue weighted by Crippen LogP contribution is -2.50. The highest BCUT2D eigenvalue weighted by atomic mass is 15.2. The zero-order valence-corrected chi connectivity index (χ0v) is 13.1. The van der Waals surface area contributed by atoms with E-state index in [0.717, 1.165) is 18.0 Å². The highest BCUT2D eigenvalue weighted by molar-refractivity contribution is 5.27. The Morgan fingerprint density at radius 1 is 1.05 bits per heavy atom. The topological polar surface area (TPSA) is 15.3 Å². The molecule has 1 aliphatic heterocycles. The Hall–Kier alpha value is -0.860.